The van der Waals surface area contributed by atoms with Crippen molar-refractivity contribution < 1.29 is 15.1 Å². The molecule has 1 rings (SSSR count). The fourth-order valence-corrected chi connectivity index (χ4v) is 2.66. The van der Waals surface area contributed by atoms with Crippen LogP contribution in [0.2, 0.25) is 0 Å². The van der Waals surface area contributed by atoms with Crippen molar-refractivity contribution in [2.45, 2.75) is 64.7 Å². The van der Waals surface area contributed by atoms with Crippen molar-refractivity contribution in [3.05, 3.63) is 29.3 Å². The molecule has 118 valence electrons. The Morgan fingerprint density at radius 2 is 1.90 bits per heavy atom. The molecule has 1 amide bonds. The summed E-state index contributed by atoms with van der Waals surface area (Å²) in [6.07, 6.45) is 8.39. The minimum atomic E-state index is -0.688. The lowest BCUT2D eigenvalue weighted by atomic mass is 9.90. The smallest absolute Gasteiger partial charge is 0.278 e. The lowest BCUT2D eigenvalue weighted by molar-refractivity contribution is 0.0703. The van der Waals surface area contributed by atoms with Crippen LogP contribution in [-0.2, 0) is 0 Å². The Labute approximate surface area is 127 Å². The van der Waals surface area contributed by atoms with Crippen molar-refractivity contribution in [1.29, 1.82) is 0 Å². The average Bonchev–Trinajstić information content (AvgIpc) is 2.50. The minimum absolute atomic E-state index is 0.0801. The summed E-state index contributed by atoms with van der Waals surface area (Å²) in [4.78, 5) is 11.3. The number of unbranched alkanes of at least 4 members (excludes halogenated alkanes) is 4. The Morgan fingerprint density at radius 3 is 2.48 bits per heavy atom. The van der Waals surface area contributed by atoms with Crippen LogP contribution < -0.4 is 5.48 Å². The van der Waals surface area contributed by atoms with Gasteiger partial charge in [0.05, 0.1) is 5.56 Å². The number of hydroxylamine groups is 1. The van der Waals surface area contributed by atoms with Gasteiger partial charge in [-0.05, 0) is 36.5 Å². The average molecular weight is 293 g/mol. The molecule has 0 spiro atoms. The molecule has 0 aliphatic carbocycles. The first-order chi connectivity index (χ1) is 10.1. The predicted molar refractivity (Wildman–Crippen MR) is 83.8 cm³/mol. The molecule has 3 N–H and O–H groups in total. The summed E-state index contributed by atoms with van der Waals surface area (Å²) in [5.41, 5.74) is 2.69. The number of phenolic OH excluding ortho intramolecular Hbond substituents is 1. The van der Waals surface area contributed by atoms with Gasteiger partial charge in [-0.15, -0.1) is 0 Å². The van der Waals surface area contributed by atoms with E-state index in [2.05, 4.69) is 13.8 Å². The van der Waals surface area contributed by atoms with Gasteiger partial charge in [0.1, 0.15) is 5.75 Å². The Kier molecular flexibility index (Phi) is 7.83. The maximum atomic E-state index is 11.3. The first kappa shape index (κ1) is 17.5. The molecule has 1 atom stereocenters. The van der Waals surface area contributed by atoms with Crippen molar-refractivity contribution in [2.24, 2.45) is 0 Å². The van der Waals surface area contributed by atoms with E-state index < -0.39 is 5.91 Å². The summed E-state index contributed by atoms with van der Waals surface area (Å²) in [7, 11) is 0. The van der Waals surface area contributed by atoms with Gasteiger partial charge >= 0.3 is 0 Å². The SMILES string of the molecule is CCCCCCCC(CC)c1ccc(C(=O)NO)c(O)c1. The Morgan fingerprint density at radius 1 is 1.19 bits per heavy atom. The third kappa shape index (κ3) is 5.38. The number of phenols is 1. The van der Waals surface area contributed by atoms with Gasteiger partial charge in [-0.25, -0.2) is 5.48 Å². The largest absolute Gasteiger partial charge is 0.507 e. The van der Waals surface area contributed by atoms with Crippen LogP contribution in [0.15, 0.2) is 18.2 Å². The van der Waals surface area contributed by atoms with Gasteiger partial charge < -0.3 is 5.11 Å². The third-order valence-electron chi connectivity index (χ3n) is 3.99. The van der Waals surface area contributed by atoms with Crippen LogP contribution in [0, 0.1) is 0 Å². The van der Waals surface area contributed by atoms with Crippen molar-refractivity contribution in [3.63, 3.8) is 0 Å². The standard InChI is InChI=1S/C17H27NO3/c1-3-5-6-7-8-9-13(4-2)14-10-11-15(16(19)12-14)17(20)18-21/h10-13,19,21H,3-9H2,1-2H3,(H,18,20). The lowest BCUT2D eigenvalue weighted by Crippen LogP contribution is -2.18. The van der Waals surface area contributed by atoms with Crippen molar-refractivity contribution in [1.82, 2.24) is 5.48 Å². The van der Waals surface area contributed by atoms with Crippen molar-refractivity contribution >= 4 is 5.91 Å². The number of benzene rings is 1. The number of rotatable bonds is 9. The molecule has 0 fully saturated rings. The number of aromatic hydroxyl groups is 1. The summed E-state index contributed by atoms with van der Waals surface area (Å²) < 4.78 is 0. The van der Waals surface area contributed by atoms with Gasteiger partial charge in [0.25, 0.3) is 5.91 Å². The van der Waals surface area contributed by atoms with Crippen molar-refractivity contribution in [2.75, 3.05) is 0 Å². The van der Waals surface area contributed by atoms with Crippen LogP contribution in [0.4, 0.5) is 0 Å². The second kappa shape index (κ2) is 9.40. The summed E-state index contributed by atoms with van der Waals surface area (Å²) in [6.45, 7) is 4.35. The van der Waals surface area contributed by atoms with Crippen LogP contribution in [0.3, 0.4) is 0 Å². The van der Waals surface area contributed by atoms with E-state index in [1.165, 1.54) is 37.6 Å². The fraction of sp³-hybridized carbons (Fsp3) is 0.588. The normalized spacial score (nSPS) is 12.1. The summed E-state index contributed by atoms with van der Waals surface area (Å²) in [5, 5.41) is 18.5. The fourth-order valence-electron chi connectivity index (χ4n) is 2.66. The molecule has 0 radical (unpaired) electrons. The van der Waals surface area contributed by atoms with Gasteiger partial charge in [0, 0.05) is 0 Å². The Hall–Kier alpha value is -1.55. The molecular formula is C17H27NO3. The number of nitrogens with one attached hydrogen (secondary N) is 1. The molecule has 0 saturated heterocycles. The molecule has 0 bridgehead atoms. The van der Waals surface area contributed by atoms with Crippen LogP contribution in [0.5, 0.6) is 5.75 Å². The predicted octanol–water partition coefficient (Wildman–Crippen LogP) is 4.37. The highest BCUT2D eigenvalue weighted by Gasteiger charge is 2.14. The molecule has 1 unspecified atom stereocenters. The highest BCUT2D eigenvalue weighted by atomic mass is 16.5. The van der Waals surface area contributed by atoms with E-state index in [9.17, 15) is 9.90 Å². The molecule has 0 aliphatic heterocycles. The zero-order valence-corrected chi connectivity index (χ0v) is 13.1. The Bertz CT molecular complexity index is 446. The molecular weight excluding hydrogens is 266 g/mol. The molecule has 0 saturated carbocycles. The molecule has 21 heavy (non-hydrogen) atoms. The monoisotopic (exact) mass is 293 g/mol. The minimum Gasteiger partial charge on any atom is -0.507 e. The zero-order valence-electron chi connectivity index (χ0n) is 13.1. The molecule has 0 heterocycles. The first-order valence-corrected chi connectivity index (χ1v) is 7.91. The summed E-state index contributed by atoms with van der Waals surface area (Å²) in [5.74, 6) is -0.362. The summed E-state index contributed by atoms with van der Waals surface area (Å²) in [6, 6.07) is 5.07. The first-order valence-electron chi connectivity index (χ1n) is 7.91. The lowest BCUT2D eigenvalue weighted by Gasteiger charge is -2.16. The van der Waals surface area contributed by atoms with Crippen LogP contribution in [-0.4, -0.2) is 16.2 Å². The van der Waals surface area contributed by atoms with Crippen molar-refractivity contribution in [3.8, 4) is 5.75 Å². The maximum absolute atomic E-state index is 11.3. The summed E-state index contributed by atoms with van der Waals surface area (Å²) >= 11 is 0. The Balaban J connectivity index is 2.64. The van der Waals surface area contributed by atoms with Gasteiger partial charge in [0.15, 0.2) is 0 Å². The van der Waals surface area contributed by atoms with Crippen LogP contribution >= 0.6 is 0 Å². The molecule has 0 aliphatic rings. The van der Waals surface area contributed by atoms with E-state index >= 15 is 0 Å². The molecule has 1 aromatic carbocycles. The quantitative estimate of drug-likeness (QED) is 0.360. The molecule has 4 heteroatoms. The maximum Gasteiger partial charge on any atom is 0.278 e. The number of hydrogen-bond donors (Lipinski definition) is 3. The van der Waals surface area contributed by atoms with Crippen LogP contribution in [0.25, 0.3) is 0 Å². The third-order valence-corrected chi connectivity index (χ3v) is 3.99. The number of carbonyl (C=O) groups is 1. The topological polar surface area (TPSA) is 69.6 Å². The number of hydrogen-bond acceptors (Lipinski definition) is 3. The van der Waals surface area contributed by atoms with Gasteiger partial charge in [-0.3, -0.25) is 10.0 Å². The van der Waals surface area contributed by atoms with Gasteiger partial charge in [-0.1, -0.05) is 52.0 Å². The molecule has 1 aromatic rings. The molecule has 0 aromatic heterocycles. The highest BCUT2D eigenvalue weighted by molar-refractivity contribution is 5.96. The number of carbonyl (C=O) groups excluding carboxylic acids is 1. The second-order valence-electron chi connectivity index (χ2n) is 5.53. The molecule has 4 nitrogen and oxygen atoms in total. The van der Waals surface area contributed by atoms with Gasteiger partial charge in [0.2, 0.25) is 0 Å². The van der Waals surface area contributed by atoms with E-state index in [-0.39, 0.29) is 11.3 Å². The van der Waals surface area contributed by atoms with Crippen LogP contribution in [0.1, 0.15) is 80.6 Å². The van der Waals surface area contributed by atoms with E-state index in [1.54, 1.807) is 12.1 Å². The zero-order chi connectivity index (χ0) is 15.7. The van der Waals surface area contributed by atoms with E-state index in [0.29, 0.717) is 5.92 Å². The van der Waals surface area contributed by atoms with E-state index in [0.717, 1.165) is 18.4 Å². The van der Waals surface area contributed by atoms with E-state index in [1.807, 2.05) is 6.07 Å². The second-order valence-corrected chi connectivity index (χ2v) is 5.53. The van der Waals surface area contributed by atoms with E-state index in [4.69, 9.17) is 5.21 Å². The highest BCUT2D eigenvalue weighted by Crippen LogP contribution is 2.30. The number of amides is 1. The van der Waals surface area contributed by atoms with Gasteiger partial charge in [-0.2, -0.15) is 0 Å².